The second-order valence-electron chi connectivity index (χ2n) is 6.03. The van der Waals surface area contributed by atoms with Gasteiger partial charge in [-0.25, -0.2) is 4.39 Å². The molecular weight excluding hydrogens is 274 g/mol. The van der Waals surface area contributed by atoms with Crippen LogP contribution in [0.25, 0.3) is 0 Å². The van der Waals surface area contributed by atoms with Gasteiger partial charge in [0.2, 0.25) is 0 Å². The summed E-state index contributed by atoms with van der Waals surface area (Å²) < 4.78 is 36.3. The molecule has 0 N–H and O–H groups in total. The summed E-state index contributed by atoms with van der Waals surface area (Å²) in [4.78, 5) is 0. The molecular formula is C15H22BFO4. The minimum absolute atomic E-state index is 0.103. The lowest BCUT2D eigenvalue weighted by molar-refractivity contribution is 0.00578. The Kier molecular flexibility index (Phi) is 4.61. The van der Waals surface area contributed by atoms with Crippen LogP contribution in [0.15, 0.2) is 18.2 Å². The molecule has 1 aromatic rings. The molecule has 1 aromatic carbocycles. The third-order valence-electron chi connectivity index (χ3n) is 3.99. The van der Waals surface area contributed by atoms with E-state index < -0.39 is 24.1 Å². The van der Waals surface area contributed by atoms with Crippen LogP contribution in [-0.4, -0.2) is 31.7 Å². The fraction of sp³-hybridized carbons (Fsp3) is 0.600. The lowest BCUT2D eigenvalue weighted by Crippen LogP contribution is -2.41. The number of halogens is 1. The van der Waals surface area contributed by atoms with Crippen LogP contribution >= 0.6 is 0 Å². The molecule has 0 saturated carbocycles. The van der Waals surface area contributed by atoms with E-state index in [1.54, 1.807) is 12.1 Å². The molecule has 21 heavy (non-hydrogen) atoms. The van der Waals surface area contributed by atoms with Crippen LogP contribution in [0, 0.1) is 5.82 Å². The van der Waals surface area contributed by atoms with Crippen molar-refractivity contribution in [3.05, 3.63) is 24.0 Å². The first-order valence-electron chi connectivity index (χ1n) is 7.12. The van der Waals surface area contributed by atoms with E-state index in [-0.39, 0.29) is 6.79 Å². The minimum atomic E-state index is -0.712. The maximum absolute atomic E-state index is 14.2. The summed E-state index contributed by atoms with van der Waals surface area (Å²) in [6.07, 6.45) is 0. The van der Waals surface area contributed by atoms with E-state index in [2.05, 4.69) is 0 Å². The lowest BCUT2D eigenvalue weighted by atomic mass is 9.78. The van der Waals surface area contributed by atoms with Crippen molar-refractivity contribution >= 4 is 12.6 Å². The Hall–Kier alpha value is -1.11. The minimum Gasteiger partial charge on any atom is -0.467 e. The Bertz CT molecular complexity index is 488. The van der Waals surface area contributed by atoms with Crippen molar-refractivity contribution < 1.29 is 23.2 Å². The zero-order valence-electron chi connectivity index (χ0n) is 13.2. The Morgan fingerprint density at radius 3 is 2.29 bits per heavy atom. The molecule has 1 aliphatic heterocycles. The average Bonchev–Trinajstić information content (AvgIpc) is 2.58. The van der Waals surface area contributed by atoms with Gasteiger partial charge in [0, 0.05) is 18.1 Å². The molecule has 116 valence electrons. The third kappa shape index (κ3) is 3.39. The third-order valence-corrected chi connectivity index (χ3v) is 3.99. The van der Waals surface area contributed by atoms with E-state index in [0.29, 0.717) is 17.8 Å². The SMILES string of the molecule is CCOCOc1ccc(B2OC(C)(C)C(C)(C)O2)c(F)c1. The zero-order chi connectivity index (χ0) is 15.7. The van der Waals surface area contributed by atoms with Crippen molar-refractivity contribution in [3.8, 4) is 5.75 Å². The highest BCUT2D eigenvalue weighted by Gasteiger charge is 2.52. The van der Waals surface area contributed by atoms with Gasteiger partial charge in [-0.1, -0.05) is 6.07 Å². The predicted molar refractivity (Wildman–Crippen MR) is 79.2 cm³/mol. The fourth-order valence-electron chi connectivity index (χ4n) is 1.95. The summed E-state index contributed by atoms with van der Waals surface area (Å²) in [7, 11) is -0.712. The van der Waals surface area contributed by atoms with Crippen LogP contribution < -0.4 is 10.2 Å². The van der Waals surface area contributed by atoms with Gasteiger partial charge < -0.3 is 18.8 Å². The quantitative estimate of drug-likeness (QED) is 0.475. The van der Waals surface area contributed by atoms with E-state index in [9.17, 15) is 4.39 Å². The van der Waals surface area contributed by atoms with Crippen LogP contribution in [0.1, 0.15) is 34.6 Å². The molecule has 1 heterocycles. The van der Waals surface area contributed by atoms with Gasteiger partial charge in [-0.2, -0.15) is 0 Å². The largest absolute Gasteiger partial charge is 0.497 e. The molecule has 0 bridgehead atoms. The molecule has 0 atom stereocenters. The van der Waals surface area contributed by atoms with E-state index in [1.165, 1.54) is 6.07 Å². The standard InChI is InChI=1S/C15H22BFO4/c1-6-18-10-19-11-7-8-12(13(17)9-11)16-20-14(2,3)15(4,5)21-16/h7-9H,6,10H2,1-5H3. The van der Waals surface area contributed by atoms with Gasteiger partial charge in [-0.3, -0.25) is 0 Å². The summed E-state index contributed by atoms with van der Waals surface area (Å²) in [5.74, 6) is 0.00344. The van der Waals surface area contributed by atoms with E-state index >= 15 is 0 Å². The zero-order valence-corrected chi connectivity index (χ0v) is 13.2. The van der Waals surface area contributed by atoms with Crippen LogP contribution in [-0.2, 0) is 14.0 Å². The molecule has 2 rings (SSSR count). The molecule has 0 aliphatic carbocycles. The molecule has 6 heteroatoms. The summed E-state index contributed by atoms with van der Waals surface area (Å²) in [5.41, 5.74) is -0.611. The number of hydrogen-bond donors (Lipinski definition) is 0. The Morgan fingerprint density at radius 2 is 1.76 bits per heavy atom. The molecule has 0 unspecified atom stereocenters. The number of ether oxygens (including phenoxy) is 2. The van der Waals surface area contributed by atoms with Gasteiger partial charge in [0.1, 0.15) is 11.6 Å². The second kappa shape index (κ2) is 5.95. The number of benzene rings is 1. The van der Waals surface area contributed by atoms with Crippen molar-refractivity contribution in [2.75, 3.05) is 13.4 Å². The smallest absolute Gasteiger partial charge is 0.467 e. The highest BCUT2D eigenvalue weighted by atomic mass is 19.1. The summed E-state index contributed by atoms with van der Waals surface area (Å²) >= 11 is 0. The Morgan fingerprint density at radius 1 is 1.14 bits per heavy atom. The van der Waals surface area contributed by atoms with Gasteiger partial charge in [-0.05, 0) is 40.7 Å². The van der Waals surface area contributed by atoms with Crippen molar-refractivity contribution in [2.45, 2.75) is 45.8 Å². The average molecular weight is 296 g/mol. The Labute approximate surface area is 125 Å². The van der Waals surface area contributed by atoms with Gasteiger partial charge in [-0.15, -0.1) is 0 Å². The normalized spacial score (nSPS) is 19.8. The monoisotopic (exact) mass is 296 g/mol. The summed E-state index contributed by atoms with van der Waals surface area (Å²) in [6.45, 7) is 10.3. The van der Waals surface area contributed by atoms with Crippen LogP contribution in [0.4, 0.5) is 4.39 Å². The second-order valence-corrected chi connectivity index (χ2v) is 6.03. The molecule has 1 saturated heterocycles. The van der Waals surface area contributed by atoms with E-state index in [1.807, 2.05) is 34.6 Å². The highest BCUT2D eigenvalue weighted by molar-refractivity contribution is 6.62. The predicted octanol–water partition coefficient (Wildman–Crippen LogP) is 2.50. The maximum Gasteiger partial charge on any atom is 0.497 e. The summed E-state index contributed by atoms with van der Waals surface area (Å²) in [5, 5.41) is 0. The van der Waals surface area contributed by atoms with Crippen LogP contribution in [0.5, 0.6) is 5.75 Å². The topological polar surface area (TPSA) is 36.9 Å². The molecule has 4 nitrogen and oxygen atoms in total. The molecule has 0 aromatic heterocycles. The first-order chi connectivity index (χ1) is 9.77. The van der Waals surface area contributed by atoms with Gasteiger partial charge in [0.05, 0.1) is 11.2 Å². The number of hydrogen-bond acceptors (Lipinski definition) is 4. The molecule has 0 amide bonds. The van der Waals surface area contributed by atoms with Crippen molar-refractivity contribution in [1.29, 1.82) is 0 Å². The molecule has 1 aliphatic rings. The van der Waals surface area contributed by atoms with Crippen molar-refractivity contribution in [3.63, 3.8) is 0 Å². The number of rotatable bonds is 5. The van der Waals surface area contributed by atoms with E-state index in [0.717, 1.165) is 0 Å². The van der Waals surface area contributed by atoms with Crippen LogP contribution in [0.3, 0.4) is 0 Å². The molecule has 0 radical (unpaired) electrons. The highest BCUT2D eigenvalue weighted by Crippen LogP contribution is 2.36. The van der Waals surface area contributed by atoms with Gasteiger partial charge in [0.15, 0.2) is 6.79 Å². The summed E-state index contributed by atoms with van der Waals surface area (Å²) in [6, 6.07) is 4.63. The molecule has 1 fully saturated rings. The van der Waals surface area contributed by atoms with Gasteiger partial charge >= 0.3 is 7.12 Å². The fourth-order valence-corrected chi connectivity index (χ4v) is 1.95. The van der Waals surface area contributed by atoms with E-state index in [4.69, 9.17) is 18.8 Å². The van der Waals surface area contributed by atoms with Crippen molar-refractivity contribution in [1.82, 2.24) is 0 Å². The Balaban J connectivity index is 2.12. The van der Waals surface area contributed by atoms with Crippen LogP contribution in [0.2, 0.25) is 0 Å². The first kappa shape index (κ1) is 16.3. The van der Waals surface area contributed by atoms with Crippen molar-refractivity contribution in [2.24, 2.45) is 0 Å². The lowest BCUT2D eigenvalue weighted by Gasteiger charge is -2.32. The maximum atomic E-state index is 14.2. The molecule has 0 spiro atoms. The van der Waals surface area contributed by atoms with Gasteiger partial charge in [0.25, 0.3) is 0 Å². The first-order valence-corrected chi connectivity index (χ1v) is 7.12.